The van der Waals surface area contributed by atoms with Gasteiger partial charge in [-0.1, -0.05) is 0 Å². The second-order valence-corrected chi connectivity index (χ2v) is 6.39. The Kier molecular flexibility index (Phi) is 7.56. The van der Waals surface area contributed by atoms with Crippen molar-refractivity contribution >= 4 is 11.9 Å². The van der Waals surface area contributed by atoms with Gasteiger partial charge in [-0.3, -0.25) is 14.6 Å². The van der Waals surface area contributed by atoms with E-state index in [1.54, 1.807) is 12.4 Å². The Morgan fingerprint density at radius 1 is 0.923 bits per heavy atom. The maximum Gasteiger partial charge on any atom is 0.254 e. The summed E-state index contributed by atoms with van der Waals surface area (Å²) < 4.78 is 10.6. The van der Waals surface area contributed by atoms with E-state index in [0.29, 0.717) is 18.1 Å². The van der Waals surface area contributed by atoms with E-state index in [1.807, 2.05) is 0 Å². The molecule has 0 radical (unpaired) electrons. The summed E-state index contributed by atoms with van der Waals surface area (Å²) in [6.45, 7) is 10.0. The highest BCUT2D eigenvalue weighted by Gasteiger charge is 2.12. The molecule has 2 aliphatic heterocycles. The number of ether oxygens (including phenoxy) is 2. The standard InChI is InChI=1S/C17H28N6O3/c24-16(18-1-3-22-5-9-25-10-6-22)15-13-20-17(21-14-15)19-2-4-23-7-11-26-12-8-23/h13-14H,1-12H2,(H,18,24)(H,19,20,21). The van der Waals surface area contributed by atoms with Crippen LogP contribution in [0.4, 0.5) is 5.95 Å². The maximum absolute atomic E-state index is 12.1. The van der Waals surface area contributed by atoms with Crippen molar-refractivity contribution in [1.29, 1.82) is 0 Å². The molecule has 0 atom stereocenters. The van der Waals surface area contributed by atoms with Crippen molar-refractivity contribution in [2.24, 2.45) is 0 Å². The molecule has 0 aromatic carbocycles. The first-order valence-electron chi connectivity index (χ1n) is 9.25. The lowest BCUT2D eigenvalue weighted by Gasteiger charge is -2.26. The molecule has 2 aliphatic rings. The molecule has 0 aliphatic carbocycles. The summed E-state index contributed by atoms with van der Waals surface area (Å²) in [4.78, 5) is 25.2. The number of carbonyl (C=O) groups is 1. The largest absolute Gasteiger partial charge is 0.379 e. The van der Waals surface area contributed by atoms with E-state index in [-0.39, 0.29) is 5.91 Å². The number of rotatable bonds is 8. The second kappa shape index (κ2) is 10.4. The highest BCUT2D eigenvalue weighted by molar-refractivity contribution is 5.93. The van der Waals surface area contributed by atoms with Crippen molar-refractivity contribution in [3.8, 4) is 0 Å². The van der Waals surface area contributed by atoms with Gasteiger partial charge in [-0.15, -0.1) is 0 Å². The van der Waals surface area contributed by atoms with Crippen LogP contribution >= 0.6 is 0 Å². The molecule has 2 N–H and O–H groups in total. The Hall–Kier alpha value is -1.81. The van der Waals surface area contributed by atoms with Gasteiger partial charge in [-0.2, -0.15) is 0 Å². The topological polar surface area (TPSA) is 91.9 Å². The quantitative estimate of drug-likeness (QED) is 0.625. The Morgan fingerprint density at radius 3 is 2.04 bits per heavy atom. The van der Waals surface area contributed by atoms with E-state index in [2.05, 4.69) is 30.4 Å². The molecule has 2 fully saturated rings. The van der Waals surface area contributed by atoms with Crippen LogP contribution in [0.15, 0.2) is 12.4 Å². The number of hydrogen-bond donors (Lipinski definition) is 2. The summed E-state index contributed by atoms with van der Waals surface area (Å²) in [5, 5.41) is 6.10. The second-order valence-electron chi connectivity index (χ2n) is 6.39. The van der Waals surface area contributed by atoms with Gasteiger partial charge in [0, 0.05) is 64.8 Å². The molecule has 0 unspecified atom stereocenters. The summed E-state index contributed by atoms with van der Waals surface area (Å²) in [6, 6.07) is 0. The van der Waals surface area contributed by atoms with Gasteiger partial charge in [0.2, 0.25) is 5.95 Å². The summed E-state index contributed by atoms with van der Waals surface area (Å²) >= 11 is 0. The first-order chi connectivity index (χ1) is 12.8. The van der Waals surface area contributed by atoms with E-state index in [1.165, 1.54) is 0 Å². The maximum atomic E-state index is 12.1. The van der Waals surface area contributed by atoms with Gasteiger partial charge >= 0.3 is 0 Å². The third-order valence-corrected chi connectivity index (χ3v) is 4.55. The number of aromatic nitrogens is 2. The highest BCUT2D eigenvalue weighted by Crippen LogP contribution is 2.02. The van der Waals surface area contributed by atoms with Crippen LogP contribution < -0.4 is 10.6 Å². The monoisotopic (exact) mass is 364 g/mol. The predicted molar refractivity (Wildman–Crippen MR) is 97.4 cm³/mol. The zero-order valence-corrected chi connectivity index (χ0v) is 15.2. The Bertz CT molecular complexity index is 544. The van der Waals surface area contributed by atoms with Crippen LogP contribution in [-0.4, -0.2) is 104 Å². The van der Waals surface area contributed by atoms with Crippen LogP contribution in [0.25, 0.3) is 0 Å². The van der Waals surface area contributed by atoms with Gasteiger partial charge < -0.3 is 20.1 Å². The molecule has 9 nitrogen and oxygen atoms in total. The fourth-order valence-electron chi connectivity index (χ4n) is 2.94. The SMILES string of the molecule is O=C(NCCN1CCOCC1)c1cnc(NCCN2CCOCC2)nc1. The normalized spacial score (nSPS) is 19.2. The Labute approximate surface area is 154 Å². The first-order valence-corrected chi connectivity index (χ1v) is 9.25. The first kappa shape index (κ1) is 19.0. The Balaban J connectivity index is 1.34. The zero-order valence-electron chi connectivity index (χ0n) is 15.2. The average molecular weight is 364 g/mol. The molecule has 1 amide bonds. The lowest BCUT2D eigenvalue weighted by Crippen LogP contribution is -2.41. The van der Waals surface area contributed by atoms with Gasteiger partial charge in [0.05, 0.1) is 32.0 Å². The molecule has 0 bridgehead atoms. The summed E-state index contributed by atoms with van der Waals surface area (Å²) in [5.74, 6) is 0.404. The number of nitrogens with one attached hydrogen (secondary N) is 2. The smallest absolute Gasteiger partial charge is 0.254 e. The number of morpholine rings is 2. The zero-order chi connectivity index (χ0) is 18.0. The van der Waals surface area contributed by atoms with E-state index in [9.17, 15) is 4.79 Å². The van der Waals surface area contributed by atoms with Gasteiger partial charge in [0.25, 0.3) is 5.91 Å². The summed E-state index contributed by atoms with van der Waals surface area (Å²) in [7, 11) is 0. The van der Waals surface area contributed by atoms with E-state index in [4.69, 9.17) is 9.47 Å². The van der Waals surface area contributed by atoms with Gasteiger partial charge in [0.15, 0.2) is 0 Å². The molecule has 2 saturated heterocycles. The van der Waals surface area contributed by atoms with Gasteiger partial charge in [0.1, 0.15) is 0 Å². The van der Waals surface area contributed by atoms with Crippen LogP contribution in [0, 0.1) is 0 Å². The number of amides is 1. The van der Waals surface area contributed by atoms with Gasteiger partial charge in [-0.05, 0) is 0 Å². The number of nitrogens with zero attached hydrogens (tertiary/aromatic N) is 4. The fraction of sp³-hybridized carbons (Fsp3) is 0.706. The average Bonchev–Trinajstić information content (AvgIpc) is 2.70. The molecular formula is C17H28N6O3. The minimum Gasteiger partial charge on any atom is -0.379 e. The molecule has 3 heterocycles. The predicted octanol–water partition coefficient (Wildman–Crippen LogP) is -0.717. The minimum absolute atomic E-state index is 0.141. The van der Waals surface area contributed by atoms with Gasteiger partial charge in [-0.25, -0.2) is 9.97 Å². The van der Waals surface area contributed by atoms with Crippen molar-refractivity contribution in [1.82, 2.24) is 25.1 Å². The molecule has 9 heteroatoms. The number of carbonyl (C=O) groups excluding carboxylic acids is 1. The molecule has 1 aromatic rings. The Morgan fingerprint density at radius 2 is 1.46 bits per heavy atom. The number of anilines is 1. The van der Waals surface area contributed by atoms with Crippen LogP contribution in [0.1, 0.15) is 10.4 Å². The lowest BCUT2D eigenvalue weighted by atomic mass is 10.3. The van der Waals surface area contributed by atoms with E-state index >= 15 is 0 Å². The summed E-state index contributed by atoms with van der Waals surface area (Å²) in [5.41, 5.74) is 0.478. The van der Waals surface area contributed by atoms with E-state index in [0.717, 1.165) is 72.2 Å². The molecule has 144 valence electrons. The molecule has 26 heavy (non-hydrogen) atoms. The van der Waals surface area contributed by atoms with E-state index < -0.39 is 0 Å². The summed E-state index contributed by atoms with van der Waals surface area (Å²) in [6.07, 6.45) is 3.13. The van der Waals surface area contributed by atoms with Crippen molar-refractivity contribution in [2.75, 3.05) is 84.1 Å². The number of hydrogen-bond acceptors (Lipinski definition) is 8. The third kappa shape index (κ3) is 6.17. The highest BCUT2D eigenvalue weighted by atomic mass is 16.5. The fourth-order valence-corrected chi connectivity index (χ4v) is 2.94. The lowest BCUT2D eigenvalue weighted by molar-refractivity contribution is 0.0383. The molecule has 0 spiro atoms. The third-order valence-electron chi connectivity index (χ3n) is 4.55. The van der Waals surface area contributed by atoms with Crippen molar-refractivity contribution < 1.29 is 14.3 Å². The van der Waals surface area contributed by atoms with Crippen molar-refractivity contribution in [3.05, 3.63) is 18.0 Å². The van der Waals surface area contributed by atoms with Crippen molar-refractivity contribution in [2.45, 2.75) is 0 Å². The molecule has 3 rings (SSSR count). The molecule has 0 saturated carbocycles. The van der Waals surface area contributed by atoms with Crippen LogP contribution in [0.5, 0.6) is 0 Å². The van der Waals surface area contributed by atoms with Crippen LogP contribution in [0.2, 0.25) is 0 Å². The minimum atomic E-state index is -0.141. The van der Waals surface area contributed by atoms with Crippen LogP contribution in [-0.2, 0) is 9.47 Å². The van der Waals surface area contributed by atoms with Crippen molar-refractivity contribution in [3.63, 3.8) is 0 Å². The van der Waals surface area contributed by atoms with Crippen LogP contribution in [0.3, 0.4) is 0 Å². The molecule has 1 aromatic heterocycles. The molecular weight excluding hydrogens is 336 g/mol.